The van der Waals surface area contributed by atoms with Crippen molar-refractivity contribution >= 4 is 11.3 Å². The van der Waals surface area contributed by atoms with Gasteiger partial charge < -0.3 is 10.1 Å². The smallest absolute Gasteiger partial charge is 0.0897 e. The van der Waals surface area contributed by atoms with Crippen LogP contribution in [0.25, 0.3) is 0 Å². The van der Waals surface area contributed by atoms with Crippen molar-refractivity contribution in [2.75, 3.05) is 6.61 Å². The second kappa shape index (κ2) is 5.18. The van der Waals surface area contributed by atoms with E-state index in [4.69, 9.17) is 4.74 Å². The van der Waals surface area contributed by atoms with Crippen molar-refractivity contribution in [2.24, 2.45) is 0 Å². The van der Waals surface area contributed by atoms with Crippen LogP contribution in [0.3, 0.4) is 0 Å². The first-order valence-corrected chi connectivity index (χ1v) is 6.95. The third kappa shape index (κ3) is 2.46. The summed E-state index contributed by atoms with van der Waals surface area (Å²) in [7, 11) is 0. The van der Waals surface area contributed by atoms with Crippen molar-refractivity contribution in [1.29, 1.82) is 0 Å². The highest BCUT2D eigenvalue weighted by atomic mass is 32.1. The zero-order valence-electron chi connectivity index (χ0n) is 10.3. The summed E-state index contributed by atoms with van der Waals surface area (Å²) >= 11 is 1.74. The molecule has 1 aliphatic rings. The van der Waals surface area contributed by atoms with Gasteiger partial charge in [0.2, 0.25) is 0 Å². The lowest BCUT2D eigenvalue weighted by molar-refractivity contribution is 0.0817. The van der Waals surface area contributed by atoms with E-state index in [-0.39, 0.29) is 6.04 Å². The maximum absolute atomic E-state index is 5.63. The van der Waals surface area contributed by atoms with Gasteiger partial charge in [0.05, 0.1) is 24.3 Å². The number of hydrogen-bond acceptors (Lipinski definition) is 4. The van der Waals surface area contributed by atoms with Crippen LogP contribution in [-0.2, 0) is 17.9 Å². The fourth-order valence-corrected chi connectivity index (χ4v) is 3.01. The monoisotopic (exact) mass is 260 g/mol. The van der Waals surface area contributed by atoms with E-state index in [0.29, 0.717) is 0 Å². The zero-order valence-corrected chi connectivity index (χ0v) is 11.2. The molecular weight excluding hydrogens is 244 g/mol. The van der Waals surface area contributed by atoms with E-state index in [1.165, 1.54) is 16.0 Å². The van der Waals surface area contributed by atoms with Crippen LogP contribution in [-0.4, -0.2) is 11.6 Å². The predicted molar refractivity (Wildman–Crippen MR) is 72.5 cm³/mol. The summed E-state index contributed by atoms with van der Waals surface area (Å²) in [4.78, 5) is 5.55. The van der Waals surface area contributed by atoms with Crippen LogP contribution in [0.4, 0.5) is 0 Å². The van der Waals surface area contributed by atoms with Gasteiger partial charge in [-0.25, -0.2) is 4.98 Å². The van der Waals surface area contributed by atoms with Gasteiger partial charge in [-0.05, 0) is 18.1 Å². The van der Waals surface area contributed by atoms with E-state index < -0.39 is 0 Å². The van der Waals surface area contributed by atoms with Crippen LogP contribution in [0.5, 0.6) is 0 Å². The summed E-state index contributed by atoms with van der Waals surface area (Å²) in [6.07, 6.45) is 1.95. The number of ether oxygens (including phenoxy) is 1. The molecule has 0 saturated carbocycles. The molecule has 2 heterocycles. The van der Waals surface area contributed by atoms with Gasteiger partial charge in [0, 0.05) is 17.6 Å². The molecule has 0 amide bonds. The minimum absolute atomic E-state index is 0.289. The number of aromatic nitrogens is 1. The predicted octanol–water partition coefficient (Wildman–Crippen LogP) is 2.81. The molecule has 0 radical (unpaired) electrons. The van der Waals surface area contributed by atoms with E-state index in [9.17, 15) is 0 Å². The molecule has 0 saturated heterocycles. The van der Waals surface area contributed by atoms with Crippen molar-refractivity contribution < 1.29 is 4.74 Å². The number of thiazole rings is 1. The Kier molecular flexibility index (Phi) is 3.41. The number of hydrogen-bond donors (Lipinski definition) is 1. The SMILES string of the molecule is Cc1ncc(CNC2COCc3ccccc32)s1. The molecule has 3 nitrogen and oxygen atoms in total. The van der Waals surface area contributed by atoms with Crippen LogP contribution in [0, 0.1) is 6.92 Å². The molecule has 1 aromatic carbocycles. The average molecular weight is 260 g/mol. The number of benzene rings is 1. The second-order valence-electron chi connectivity index (χ2n) is 4.49. The van der Waals surface area contributed by atoms with E-state index in [0.717, 1.165) is 24.8 Å². The highest BCUT2D eigenvalue weighted by Gasteiger charge is 2.19. The van der Waals surface area contributed by atoms with Gasteiger partial charge in [0.15, 0.2) is 0 Å². The Bertz CT molecular complexity index is 538. The van der Waals surface area contributed by atoms with Crippen molar-refractivity contribution in [3.05, 3.63) is 51.5 Å². The van der Waals surface area contributed by atoms with Gasteiger partial charge in [-0.2, -0.15) is 0 Å². The summed E-state index contributed by atoms with van der Waals surface area (Å²) in [6.45, 7) is 4.36. The minimum Gasteiger partial charge on any atom is -0.375 e. The number of rotatable bonds is 3. The highest BCUT2D eigenvalue weighted by molar-refractivity contribution is 7.11. The Balaban J connectivity index is 1.71. The van der Waals surface area contributed by atoms with Crippen LogP contribution < -0.4 is 5.32 Å². The Labute approximate surface area is 111 Å². The fourth-order valence-electron chi connectivity index (χ4n) is 2.26. The van der Waals surface area contributed by atoms with Gasteiger partial charge in [-0.15, -0.1) is 11.3 Å². The minimum atomic E-state index is 0.289. The average Bonchev–Trinajstić information content (AvgIpc) is 2.82. The largest absolute Gasteiger partial charge is 0.375 e. The molecular formula is C14H16N2OS. The number of fused-ring (bicyclic) bond motifs is 1. The first kappa shape index (κ1) is 11.8. The van der Waals surface area contributed by atoms with Gasteiger partial charge in [0.25, 0.3) is 0 Å². The topological polar surface area (TPSA) is 34.2 Å². The molecule has 0 aliphatic carbocycles. The Hall–Kier alpha value is -1.23. The number of nitrogens with zero attached hydrogens (tertiary/aromatic N) is 1. The lowest BCUT2D eigenvalue weighted by atomic mass is 9.99. The molecule has 94 valence electrons. The molecule has 0 fully saturated rings. The Morgan fingerprint density at radius 2 is 2.33 bits per heavy atom. The summed E-state index contributed by atoms with van der Waals surface area (Å²) in [5.74, 6) is 0. The molecule has 4 heteroatoms. The fraction of sp³-hybridized carbons (Fsp3) is 0.357. The molecule has 1 N–H and O–H groups in total. The van der Waals surface area contributed by atoms with E-state index >= 15 is 0 Å². The van der Waals surface area contributed by atoms with Crippen molar-refractivity contribution in [3.63, 3.8) is 0 Å². The zero-order chi connectivity index (χ0) is 12.4. The van der Waals surface area contributed by atoms with E-state index in [2.05, 4.69) is 34.6 Å². The first-order valence-electron chi connectivity index (χ1n) is 6.13. The molecule has 0 spiro atoms. The van der Waals surface area contributed by atoms with Crippen LogP contribution in [0.1, 0.15) is 27.1 Å². The first-order chi connectivity index (χ1) is 8.83. The normalized spacial score (nSPS) is 18.6. The van der Waals surface area contributed by atoms with E-state index in [1.807, 2.05) is 13.1 Å². The molecule has 1 aromatic heterocycles. The van der Waals surface area contributed by atoms with Crippen molar-refractivity contribution in [1.82, 2.24) is 10.3 Å². The number of nitrogens with one attached hydrogen (secondary N) is 1. The third-order valence-electron chi connectivity index (χ3n) is 3.16. The maximum atomic E-state index is 5.63. The highest BCUT2D eigenvalue weighted by Crippen LogP contribution is 2.25. The van der Waals surface area contributed by atoms with Crippen LogP contribution in [0.2, 0.25) is 0 Å². The Morgan fingerprint density at radius 1 is 1.44 bits per heavy atom. The molecule has 2 aromatic rings. The third-order valence-corrected chi connectivity index (χ3v) is 4.08. The molecule has 1 aliphatic heterocycles. The quantitative estimate of drug-likeness (QED) is 0.921. The second-order valence-corrected chi connectivity index (χ2v) is 5.81. The molecule has 18 heavy (non-hydrogen) atoms. The van der Waals surface area contributed by atoms with E-state index in [1.54, 1.807) is 11.3 Å². The molecule has 1 unspecified atom stereocenters. The van der Waals surface area contributed by atoms with Crippen LogP contribution in [0.15, 0.2) is 30.5 Å². The molecule has 0 bridgehead atoms. The Morgan fingerprint density at radius 3 is 3.17 bits per heavy atom. The van der Waals surface area contributed by atoms with Crippen LogP contribution >= 0.6 is 11.3 Å². The summed E-state index contributed by atoms with van der Waals surface area (Å²) in [6, 6.07) is 8.78. The maximum Gasteiger partial charge on any atom is 0.0897 e. The van der Waals surface area contributed by atoms with Crippen molar-refractivity contribution in [3.8, 4) is 0 Å². The lowest BCUT2D eigenvalue weighted by Crippen LogP contribution is -2.29. The summed E-state index contributed by atoms with van der Waals surface area (Å²) < 4.78 is 5.63. The standard InChI is InChI=1S/C14H16N2OS/c1-10-15-6-12(18-10)7-16-14-9-17-8-11-4-2-3-5-13(11)14/h2-6,14,16H,7-9H2,1H3. The van der Waals surface area contributed by atoms with Gasteiger partial charge in [-0.1, -0.05) is 24.3 Å². The lowest BCUT2D eigenvalue weighted by Gasteiger charge is -2.26. The van der Waals surface area contributed by atoms with Gasteiger partial charge >= 0.3 is 0 Å². The van der Waals surface area contributed by atoms with Gasteiger partial charge in [0.1, 0.15) is 0 Å². The molecule has 3 rings (SSSR count). The summed E-state index contributed by atoms with van der Waals surface area (Å²) in [5.41, 5.74) is 2.66. The number of aryl methyl sites for hydroxylation is 1. The van der Waals surface area contributed by atoms with Crippen molar-refractivity contribution in [2.45, 2.75) is 26.1 Å². The molecule has 1 atom stereocenters. The van der Waals surface area contributed by atoms with Gasteiger partial charge in [-0.3, -0.25) is 0 Å². The summed E-state index contributed by atoms with van der Waals surface area (Å²) in [5, 5.41) is 4.67.